The number of nitrogens with one attached hydrogen (secondary N) is 7. The van der Waals surface area contributed by atoms with E-state index in [1.807, 2.05) is 0 Å². The average molecular weight is 715 g/mol. The lowest BCUT2D eigenvalue weighted by Crippen LogP contribution is -2.61. The molecule has 0 aliphatic rings. The molecule has 2 aromatic carbocycles. The Kier molecular flexibility index (Phi) is 19.2. The van der Waals surface area contributed by atoms with E-state index >= 15 is 0 Å². The minimum absolute atomic E-state index is 0. The van der Waals surface area contributed by atoms with Gasteiger partial charge in [-0.1, -0.05) is 30.3 Å². The summed E-state index contributed by atoms with van der Waals surface area (Å²) in [6.45, 7) is -0.439. The fraction of sp³-hybridized carbons (Fsp3) is 0.357. The molecular weight excluding hydrogens is 673 g/mol. The summed E-state index contributed by atoms with van der Waals surface area (Å²) in [6.07, 6.45) is 0.333. The number of hydrogen-bond acceptors (Lipinski definition) is 10. The van der Waals surface area contributed by atoms with Crippen molar-refractivity contribution < 1.29 is 28.8 Å². The highest BCUT2D eigenvalue weighted by Gasteiger charge is 2.43. The van der Waals surface area contributed by atoms with E-state index in [0.29, 0.717) is 12.0 Å². The van der Waals surface area contributed by atoms with Crippen LogP contribution >= 0.6 is 24.8 Å². The number of non-ortho nitro benzene ring substituents is 1. The molecular formula is C28H41Cl2N11O7. The van der Waals surface area contributed by atoms with Gasteiger partial charge < -0.3 is 48.5 Å². The van der Waals surface area contributed by atoms with Crippen molar-refractivity contribution in [2.45, 2.75) is 43.9 Å². The fourth-order valence-corrected chi connectivity index (χ4v) is 4.01. The van der Waals surface area contributed by atoms with Gasteiger partial charge in [0.05, 0.1) is 11.5 Å². The van der Waals surface area contributed by atoms with Gasteiger partial charge in [0.2, 0.25) is 11.8 Å². The number of ether oxygens (including phenoxy) is 1. The number of carbonyl (C=O) groups excluding carboxylic acids is 4. The van der Waals surface area contributed by atoms with Crippen LogP contribution in [0, 0.1) is 20.9 Å². The van der Waals surface area contributed by atoms with Crippen molar-refractivity contribution in [1.29, 1.82) is 10.8 Å². The van der Waals surface area contributed by atoms with E-state index in [-0.39, 0.29) is 87.1 Å². The lowest BCUT2D eigenvalue weighted by Gasteiger charge is -2.26. The molecule has 0 aromatic heterocycles. The quantitative estimate of drug-likeness (QED) is 0.0185. The molecule has 2 rings (SSSR count). The molecule has 0 radical (unpaired) electrons. The second-order valence-electron chi connectivity index (χ2n) is 10.1. The number of anilines is 1. The van der Waals surface area contributed by atoms with Crippen LogP contribution in [-0.2, 0) is 30.5 Å². The van der Waals surface area contributed by atoms with E-state index in [1.165, 1.54) is 24.3 Å². The van der Waals surface area contributed by atoms with Gasteiger partial charge in [0.25, 0.3) is 11.6 Å². The van der Waals surface area contributed by atoms with Gasteiger partial charge in [-0.2, -0.15) is 0 Å². The van der Waals surface area contributed by atoms with Crippen LogP contribution in [0.2, 0.25) is 0 Å². The summed E-state index contributed by atoms with van der Waals surface area (Å²) in [5.74, 6) is -4.04. The second kappa shape index (κ2) is 21.6. The summed E-state index contributed by atoms with van der Waals surface area (Å²) >= 11 is 0. The summed E-state index contributed by atoms with van der Waals surface area (Å²) < 4.78 is 5.31. The van der Waals surface area contributed by atoms with Crippen LogP contribution in [0.1, 0.15) is 31.2 Å². The molecule has 0 fully saturated rings. The van der Waals surface area contributed by atoms with Crippen LogP contribution in [-0.4, -0.2) is 71.7 Å². The van der Waals surface area contributed by atoms with Gasteiger partial charge in [-0.25, -0.2) is 4.79 Å². The Morgan fingerprint density at radius 3 is 2.04 bits per heavy atom. The van der Waals surface area contributed by atoms with Crippen molar-refractivity contribution in [3.05, 3.63) is 70.3 Å². The smallest absolute Gasteiger partial charge is 0.336 e. The molecule has 0 spiro atoms. The van der Waals surface area contributed by atoms with Crippen LogP contribution in [0.3, 0.4) is 0 Å². The molecule has 0 saturated heterocycles. The Bertz CT molecular complexity index is 1400. The minimum atomic E-state index is -2.20. The zero-order chi connectivity index (χ0) is 34.1. The molecule has 0 aliphatic heterocycles. The maximum Gasteiger partial charge on any atom is 0.336 e. The molecule has 2 atom stereocenters. The highest BCUT2D eigenvalue weighted by atomic mass is 35.5. The van der Waals surface area contributed by atoms with Gasteiger partial charge in [-0.15, -0.1) is 24.8 Å². The van der Waals surface area contributed by atoms with Gasteiger partial charge in [0.1, 0.15) is 12.6 Å². The Morgan fingerprint density at radius 1 is 0.896 bits per heavy atom. The number of nitrogens with zero attached hydrogens (tertiary/aromatic N) is 1. The maximum atomic E-state index is 13.2. The third kappa shape index (κ3) is 14.9. The standard InChI is InChI=1S/C28H39N11O7.2ClH/c29-26(30)34-14-4-8-21(23(41)37-19-9-11-20(12-10-19)39(44)45)38-22(40)16-36-24(42)28(33,13-5-15-35-27(31)32)25(43)46-17-18-6-2-1-3-7-18;;/h1-3,6-7,9-12,21H,4-5,8,13-17,33H2,(H,36,42)(H,37,41)(H,38,40)(H4,29,30,34)(H4,31,32,35);2*1H/t21-,28+;;/m0../s1. The first kappa shape index (κ1) is 42.8. The van der Waals surface area contributed by atoms with E-state index in [1.54, 1.807) is 30.3 Å². The number of guanidine groups is 2. The van der Waals surface area contributed by atoms with Crippen molar-refractivity contribution in [2.75, 3.05) is 25.0 Å². The number of nitro groups is 1. The fourth-order valence-electron chi connectivity index (χ4n) is 4.01. The third-order valence-electron chi connectivity index (χ3n) is 6.44. The van der Waals surface area contributed by atoms with Crippen LogP contribution in [0.15, 0.2) is 54.6 Å². The number of benzene rings is 2. The molecule has 48 heavy (non-hydrogen) atoms. The summed E-state index contributed by atoms with van der Waals surface area (Å²) in [6, 6.07) is 12.7. The van der Waals surface area contributed by atoms with Crippen LogP contribution in [0.5, 0.6) is 0 Å². The first-order valence-electron chi connectivity index (χ1n) is 14.1. The van der Waals surface area contributed by atoms with E-state index in [2.05, 4.69) is 26.6 Å². The second-order valence-corrected chi connectivity index (χ2v) is 10.1. The summed E-state index contributed by atoms with van der Waals surface area (Å²) in [4.78, 5) is 62.4. The van der Waals surface area contributed by atoms with Crippen molar-refractivity contribution >= 4 is 71.8 Å². The number of amides is 3. The number of hydrogen-bond donors (Lipinski definition) is 10. The molecule has 18 nitrogen and oxygen atoms in total. The highest BCUT2D eigenvalue weighted by molar-refractivity contribution is 6.08. The zero-order valence-corrected chi connectivity index (χ0v) is 27.4. The van der Waals surface area contributed by atoms with Crippen LogP contribution < -0.4 is 43.8 Å². The number of nitro benzene ring substituents is 1. The summed E-state index contributed by atoms with van der Waals surface area (Å²) in [5.41, 5.74) is 15.3. The van der Waals surface area contributed by atoms with E-state index in [9.17, 15) is 29.3 Å². The van der Waals surface area contributed by atoms with Gasteiger partial charge >= 0.3 is 5.97 Å². The highest BCUT2D eigenvalue weighted by Crippen LogP contribution is 2.17. The van der Waals surface area contributed by atoms with Gasteiger partial charge in [0, 0.05) is 30.9 Å². The monoisotopic (exact) mass is 713 g/mol. The predicted molar refractivity (Wildman–Crippen MR) is 183 cm³/mol. The molecule has 0 aliphatic carbocycles. The van der Waals surface area contributed by atoms with Gasteiger partial charge in [-0.3, -0.25) is 35.3 Å². The number of esters is 1. The Hall–Kier alpha value is -5.20. The Balaban J connectivity index is 0.0000110. The van der Waals surface area contributed by atoms with E-state index in [4.69, 9.17) is 32.8 Å². The van der Waals surface area contributed by atoms with Crippen molar-refractivity contribution in [2.24, 2.45) is 17.2 Å². The normalized spacial score (nSPS) is 11.9. The lowest BCUT2D eigenvalue weighted by molar-refractivity contribution is -0.384. The molecule has 20 heteroatoms. The first-order valence-corrected chi connectivity index (χ1v) is 14.1. The van der Waals surface area contributed by atoms with Gasteiger partial charge in [0.15, 0.2) is 17.5 Å². The summed E-state index contributed by atoms with van der Waals surface area (Å²) in [5, 5.41) is 38.0. The Labute approximate surface area is 288 Å². The van der Waals surface area contributed by atoms with Crippen LogP contribution in [0.4, 0.5) is 11.4 Å². The molecule has 2 aromatic rings. The van der Waals surface area contributed by atoms with Crippen molar-refractivity contribution in [1.82, 2.24) is 21.3 Å². The zero-order valence-electron chi connectivity index (χ0n) is 25.8. The molecule has 264 valence electrons. The number of nitrogens with two attached hydrogens (primary N) is 3. The topological polar surface area (TPSA) is 307 Å². The maximum absolute atomic E-state index is 13.2. The summed E-state index contributed by atoms with van der Waals surface area (Å²) in [7, 11) is 0. The number of halogens is 2. The molecule has 13 N–H and O–H groups in total. The number of rotatable bonds is 18. The average Bonchev–Trinajstić information content (AvgIpc) is 3.02. The van der Waals surface area contributed by atoms with Crippen molar-refractivity contribution in [3.63, 3.8) is 0 Å². The van der Waals surface area contributed by atoms with E-state index in [0.717, 1.165) is 0 Å². The lowest BCUT2D eigenvalue weighted by atomic mass is 9.93. The SMILES string of the molecule is Cl.Cl.N=C(N)NCCC[C@H](NC(=O)CNC(=O)[C@](N)(CCCNC(=N)N)C(=O)OCc1ccccc1)C(=O)Nc1ccc([N+](=O)[O-])cc1. The first-order chi connectivity index (χ1) is 21.8. The number of carbonyl (C=O) groups is 4. The van der Waals surface area contributed by atoms with E-state index < -0.39 is 46.7 Å². The molecule has 0 unspecified atom stereocenters. The largest absolute Gasteiger partial charge is 0.459 e. The minimum Gasteiger partial charge on any atom is -0.459 e. The van der Waals surface area contributed by atoms with Gasteiger partial charge in [-0.05, 0) is 43.4 Å². The predicted octanol–water partition coefficient (Wildman–Crippen LogP) is -0.0547. The molecule has 3 amide bonds. The van der Waals surface area contributed by atoms with Crippen LogP contribution in [0.25, 0.3) is 0 Å². The molecule has 0 heterocycles. The third-order valence-corrected chi connectivity index (χ3v) is 6.44. The Morgan fingerprint density at radius 2 is 1.48 bits per heavy atom. The van der Waals surface area contributed by atoms with Crippen molar-refractivity contribution in [3.8, 4) is 0 Å². The molecule has 0 bridgehead atoms. The molecule has 0 saturated carbocycles.